The highest BCUT2D eigenvalue weighted by atomic mass is 16.4. The summed E-state index contributed by atoms with van der Waals surface area (Å²) in [6.07, 6.45) is 5.24. The van der Waals surface area contributed by atoms with Crippen LogP contribution in [-0.2, 0) is 0 Å². The Morgan fingerprint density at radius 2 is 2.22 bits per heavy atom. The lowest BCUT2D eigenvalue weighted by Gasteiger charge is -2.29. The van der Waals surface area contributed by atoms with Gasteiger partial charge in [-0.2, -0.15) is 0 Å². The number of hydrogen-bond donors (Lipinski definition) is 2. The summed E-state index contributed by atoms with van der Waals surface area (Å²) in [7, 11) is 0. The van der Waals surface area contributed by atoms with E-state index in [0.29, 0.717) is 11.6 Å². The van der Waals surface area contributed by atoms with E-state index >= 15 is 0 Å². The first-order valence-electron chi connectivity index (χ1n) is 6.67. The summed E-state index contributed by atoms with van der Waals surface area (Å²) in [4.78, 5) is 11.1. The molecular formula is C15H21NO2. The summed E-state index contributed by atoms with van der Waals surface area (Å²) in [5.41, 5.74) is 2.16. The summed E-state index contributed by atoms with van der Waals surface area (Å²) in [5, 5.41) is 12.5. The van der Waals surface area contributed by atoms with Crippen molar-refractivity contribution in [3.8, 4) is 0 Å². The monoisotopic (exact) mass is 247 g/mol. The zero-order valence-electron chi connectivity index (χ0n) is 11.1. The lowest BCUT2D eigenvalue weighted by atomic mass is 9.81. The third kappa shape index (κ3) is 2.84. The molecule has 0 radical (unpaired) electrons. The van der Waals surface area contributed by atoms with E-state index in [4.69, 9.17) is 5.11 Å². The Labute approximate surface area is 108 Å². The van der Waals surface area contributed by atoms with Crippen LogP contribution in [0.2, 0.25) is 0 Å². The van der Waals surface area contributed by atoms with Gasteiger partial charge in [0, 0.05) is 11.7 Å². The molecule has 0 aliphatic heterocycles. The number of carboxylic acids is 1. The summed E-state index contributed by atoms with van der Waals surface area (Å²) in [5.74, 6) is -0.00161. The van der Waals surface area contributed by atoms with E-state index in [1.165, 1.54) is 25.7 Å². The minimum absolute atomic E-state index is 0.385. The SMILES string of the molecule is Cc1c(NC(C)CC2CCC2)cccc1C(=O)O. The largest absolute Gasteiger partial charge is 0.478 e. The van der Waals surface area contributed by atoms with Gasteiger partial charge < -0.3 is 10.4 Å². The number of rotatable bonds is 5. The smallest absolute Gasteiger partial charge is 0.336 e. The fourth-order valence-electron chi connectivity index (χ4n) is 2.58. The van der Waals surface area contributed by atoms with Crippen molar-refractivity contribution < 1.29 is 9.90 Å². The quantitative estimate of drug-likeness (QED) is 0.834. The summed E-state index contributed by atoms with van der Waals surface area (Å²) in [6, 6.07) is 5.81. The predicted octanol–water partition coefficient (Wildman–Crippen LogP) is 3.68. The Bertz CT molecular complexity index is 438. The van der Waals surface area contributed by atoms with Crippen LogP contribution in [0.4, 0.5) is 5.69 Å². The van der Waals surface area contributed by atoms with E-state index in [1.54, 1.807) is 12.1 Å². The second kappa shape index (κ2) is 5.42. The van der Waals surface area contributed by atoms with Crippen molar-refractivity contribution >= 4 is 11.7 Å². The molecule has 1 aromatic rings. The molecule has 2 N–H and O–H groups in total. The van der Waals surface area contributed by atoms with Crippen molar-refractivity contribution in [2.45, 2.75) is 45.6 Å². The normalized spacial score (nSPS) is 17.0. The molecule has 98 valence electrons. The number of aromatic carboxylic acids is 1. The fraction of sp³-hybridized carbons (Fsp3) is 0.533. The van der Waals surface area contributed by atoms with Crippen molar-refractivity contribution in [2.75, 3.05) is 5.32 Å². The molecule has 1 atom stereocenters. The van der Waals surface area contributed by atoms with Gasteiger partial charge in [-0.25, -0.2) is 4.79 Å². The van der Waals surface area contributed by atoms with Crippen LogP contribution in [0.25, 0.3) is 0 Å². The van der Waals surface area contributed by atoms with Crippen molar-refractivity contribution in [3.63, 3.8) is 0 Å². The summed E-state index contributed by atoms with van der Waals surface area (Å²) in [6.45, 7) is 4.03. The lowest BCUT2D eigenvalue weighted by molar-refractivity contribution is 0.0696. The standard InChI is InChI=1S/C15H21NO2/c1-10(9-12-5-3-6-12)16-14-8-4-7-13(11(14)2)15(17)18/h4,7-8,10,12,16H,3,5-6,9H2,1-2H3,(H,17,18). The molecule has 1 saturated carbocycles. The topological polar surface area (TPSA) is 49.3 Å². The van der Waals surface area contributed by atoms with Gasteiger partial charge in [-0.05, 0) is 43.9 Å². The molecule has 3 heteroatoms. The maximum absolute atomic E-state index is 11.1. The highest BCUT2D eigenvalue weighted by Gasteiger charge is 2.20. The second-order valence-corrected chi connectivity index (χ2v) is 5.36. The molecule has 2 rings (SSSR count). The van der Waals surface area contributed by atoms with Crippen LogP contribution in [-0.4, -0.2) is 17.1 Å². The first-order chi connectivity index (χ1) is 8.58. The van der Waals surface area contributed by atoms with Gasteiger partial charge in [0.15, 0.2) is 0 Å². The minimum atomic E-state index is -0.859. The zero-order valence-corrected chi connectivity index (χ0v) is 11.1. The highest BCUT2D eigenvalue weighted by molar-refractivity contribution is 5.91. The molecule has 1 aromatic carbocycles. The first-order valence-corrected chi connectivity index (χ1v) is 6.67. The molecule has 3 nitrogen and oxygen atoms in total. The van der Waals surface area contributed by atoms with Gasteiger partial charge >= 0.3 is 5.97 Å². The van der Waals surface area contributed by atoms with Crippen LogP contribution < -0.4 is 5.32 Å². The number of hydrogen-bond acceptors (Lipinski definition) is 2. The third-order valence-corrected chi connectivity index (χ3v) is 3.88. The molecule has 0 aromatic heterocycles. The second-order valence-electron chi connectivity index (χ2n) is 5.36. The van der Waals surface area contributed by atoms with E-state index in [2.05, 4.69) is 12.2 Å². The number of anilines is 1. The molecule has 0 bridgehead atoms. The Morgan fingerprint density at radius 3 is 2.78 bits per heavy atom. The van der Waals surface area contributed by atoms with Crippen molar-refractivity contribution in [2.24, 2.45) is 5.92 Å². The molecule has 1 aliphatic rings. The minimum Gasteiger partial charge on any atom is -0.478 e. The van der Waals surface area contributed by atoms with Crippen LogP contribution in [0.3, 0.4) is 0 Å². The molecule has 0 saturated heterocycles. The summed E-state index contributed by atoms with van der Waals surface area (Å²) < 4.78 is 0. The Morgan fingerprint density at radius 1 is 1.50 bits per heavy atom. The predicted molar refractivity (Wildman–Crippen MR) is 73.2 cm³/mol. The zero-order chi connectivity index (χ0) is 13.1. The van der Waals surface area contributed by atoms with Gasteiger partial charge in [0.05, 0.1) is 5.56 Å². The van der Waals surface area contributed by atoms with Crippen LogP contribution in [0.15, 0.2) is 18.2 Å². The Kier molecular flexibility index (Phi) is 3.90. The van der Waals surface area contributed by atoms with Gasteiger partial charge in [0.2, 0.25) is 0 Å². The Hall–Kier alpha value is -1.51. The number of carboxylic acid groups (broad SMARTS) is 1. The molecule has 0 amide bonds. The average molecular weight is 247 g/mol. The van der Waals surface area contributed by atoms with E-state index in [1.807, 2.05) is 13.0 Å². The molecule has 18 heavy (non-hydrogen) atoms. The number of nitrogens with one attached hydrogen (secondary N) is 1. The van der Waals surface area contributed by atoms with Crippen molar-refractivity contribution in [1.29, 1.82) is 0 Å². The molecule has 1 unspecified atom stereocenters. The maximum Gasteiger partial charge on any atom is 0.336 e. The molecule has 1 fully saturated rings. The van der Waals surface area contributed by atoms with E-state index in [-0.39, 0.29) is 0 Å². The number of carbonyl (C=O) groups is 1. The van der Waals surface area contributed by atoms with Gasteiger partial charge in [-0.3, -0.25) is 0 Å². The van der Waals surface area contributed by atoms with Gasteiger partial charge in [-0.1, -0.05) is 25.3 Å². The van der Waals surface area contributed by atoms with Crippen molar-refractivity contribution in [1.82, 2.24) is 0 Å². The van der Waals surface area contributed by atoms with Crippen LogP contribution in [0.1, 0.15) is 48.5 Å². The maximum atomic E-state index is 11.1. The molecular weight excluding hydrogens is 226 g/mol. The van der Waals surface area contributed by atoms with Crippen LogP contribution in [0, 0.1) is 12.8 Å². The lowest BCUT2D eigenvalue weighted by Crippen LogP contribution is -2.23. The highest BCUT2D eigenvalue weighted by Crippen LogP contribution is 2.31. The molecule has 0 spiro atoms. The van der Waals surface area contributed by atoms with E-state index in [0.717, 1.165) is 17.2 Å². The summed E-state index contributed by atoms with van der Waals surface area (Å²) >= 11 is 0. The van der Waals surface area contributed by atoms with Crippen LogP contribution >= 0.6 is 0 Å². The van der Waals surface area contributed by atoms with Gasteiger partial charge in [0.25, 0.3) is 0 Å². The van der Waals surface area contributed by atoms with Gasteiger partial charge in [-0.15, -0.1) is 0 Å². The number of benzene rings is 1. The third-order valence-electron chi connectivity index (χ3n) is 3.88. The van der Waals surface area contributed by atoms with E-state index in [9.17, 15) is 4.79 Å². The van der Waals surface area contributed by atoms with Crippen molar-refractivity contribution in [3.05, 3.63) is 29.3 Å². The van der Waals surface area contributed by atoms with Gasteiger partial charge in [0.1, 0.15) is 0 Å². The average Bonchev–Trinajstić information content (AvgIpc) is 2.26. The molecule has 1 aliphatic carbocycles. The fourth-order valence-corrected chi connectivity index (χ4v) is 2.58. The molecule has 0 heterocycles. The Balaban J connectivity index is 2.03. The van der Waals surface area contributed by atoms with E-state index < -0.39 is 5.97 Å². The first kappa shape index (κ1) is 12.9. The van der Waals surface area contributed by atoms with Crippen LogP contribution in [0.5, 0.6) is 0 Å².